The average Bonchev–Trinajstić information content (AvgIpc) is 2.83. The first-order chi connectivity index (χ1) is 15.7. The standard InChI is InChI=1S/C28H19BO3/c30-29(31)32-28-24-11-5-3-9-22(24)27(23-10-4-6-12-25(23)28)20-16-15-19-14-13-18-7-1-2-8-21(18)26(19)17-20/h1-17,30-31H. The quantitative estimate of drug-likeness (QED) is 0.203. The Hall–Kier alpha value is -3.86. The number of benzene rings is 6. The van der Waals surface area contributed by atoms with Crippen molar-refractivity contribution in [3.63, 3.8) is 0 Å². The van der Waals surface area contributed by atoms with Gasteiger partial charge < -0.3 is 14.7 Å². The Kier molecular flexibility index (Phi) is 4.35. The van der Waals surface area contributed by atoms with Gasteiger partial charge in [-0.2, -0.15) is 0 Å². The van der Waals surface area contributed by atoms with Gasteiger partial charge in [-0.25, -0.2) is 0 Å². The Bertz CT molecular complexity index is 1580. The molecule has 152 valence electrons. The van der Waals surface area contributed by atoms with Crippen molar-refractivity contribution in [2.24, 2.45) is 0 Å². The van der Waals surface area contributed by atoms with E-state index in [-0.39, 0.29) is 0 Å². The molecule has 0 aliphatic carbocycles. The molecule has 0 fully saturated rings. The fourth-order valence-corrected chi connectivity index (χ4v) is 4.79. The van der Waals surface area contributed by atoms with Gasteiger partial charge >= 0.3 is 7.32 Å². The van der Waals surface area contributed by atoms with E-state index in [0.717, 1.165) is 32.7 Å². The molecule has 0 saturated carbocycles. The first kappa shape index (κ1) is 18.9. The first-order valence-corrected chi connectivity index (χ1v) is 10.6. The highest BCUT2D eigenvalue weighted by Crippen LogP contribution is 2.44. The Morgan fingerprint density at radius 2 is 1.00 bits per heavy atom. The molecule has 6 aromatic carbocycles. The van der Waals surface area contributed by atoms with E-state index in [1.165, 1.54) is 21.5 Å². The van der Waals surface area contributed by atoms with Gasteiger partial charge in [0.25, 0.3) is 0 Å². The van der Waals surface area contributed by atoms with Gasteiger partial charge in [0.05, 0.1) is 0 Å². The zero-order valence-electron chi connectivity index (χ0n) is 17.2. The van der Waals surface area contributed by atoms with Crippen molar-refractivity contribution in [3.8, 4) is 16.9 Å². The van der Waals surface area contributed by atoms with Crippen LogP contribution in [0.25, 0.3) is 54.2 Å². The van der Waals surface area contributed by atoms with Gasteiger partial charge in [0.1, 0.15) is 5.75 Å². The average molecular weight is 414 g/mol. The van der Waals surface area contributed by atoms with Gasteiger partial charge in [-0.1, -0.05) is 97.1 Å². The maximum atomic E-state index is 9.56. The second-order valence-corrected chi connectivity index (χ2v) is 7.96. The zero-order chi connectivity index (χ0) is 21.7. The predicted molar refractivity (Wildman–Crippen MR) is 133 cm³/mol. The van der Waals surface area contributed by atoms with Crippen molar-refractivity contribution < 1.29 is 14.7 Å². The van der Waals surface area contributed by atoms with Gasteiger partial charge in [-0.15, -0.1) is 0 Å². The minimum atomic E-state index is -1.89. The summed E-state index contributed by atoms with van der Waals surface area (Å²) in [6.07, 6.45) is 0. The topological polar surface area (TPSA) is 49.7 Å². The molecule has 3 nitrogen and oxygen atoms in total. The van der Waals surface area contributed by atoms with Gasteiger partial charge in [-0.3, -0.25) is 0 Å². The molecule has 0 heterocycles. The van der Waals surface area contributed by atoms with Gasteiger partial charge in [0, 0.05) is 10.8 Å². The fraction of sp³-hybridized carbons (Fsp3) is 0. The molecule has 0 aromatic heterocycles. The lowest BCUT2D eigenvalue weighted by molar-refractivity contribution is 0.291. The van der Waals surface area contributed by atoms with Crippen molar-refractivity contribution in [2.75, 3.05) is 0 Å². The molecule has 0 aliphatic rings. The molecule has 0 bridgehead atoms. The van der Waals surface area contributed by atoms with Crippen LogP contribution in [-0.4, -0.2) is 17.4 Å². The number of hydrogen-bond donors (Lipinski definition) is 2. The van der Waals surface area contributed by atoms with Crippen LogP contribution in [0.3, 0.4) is 0 Å². The molecule has 0 radical (unpaired) electrons. The lowest BCUT2D eigenvalue weighted by atomic mass is 9.89. The molecule has 0 atom stereocenters. The van der Waals surface area contributed by atoms with Crippen molar-refractivity contribution in [3.05, 3.63) is 103 Å². The molecular weight excluding hydrogens is 395 g/mol. The van der Waals surface area contributed by atoms with Crippen LogP contribution in [0.2, 0.25) is 0 Å². The van der Waals surface area contributed by atoms with Crippen LogP contribution >= 0.6 is 0 Å². The molecule has 0 aliphatic heterocycles. The Labute approximate surface area is 185 Å². The summed E-state index contributed by atoms with van der Waals surface area (Å²) in [5.41, 5.74) is 2.21. The SMILES string of the molecule is OB(O)Oc1c2ccccc2c(-c2ccc3ccc4ccccc4c3c2)c2ccccc12. The minimum Gasteiger partial charge on any atom is -0.511 e. The van der Waals surface area contributed by atoms with Crippen LogP contribution in [0.1, 0.15) is 0 Å². The molecule has 32 heavy (non-hydrogen) atoms. The van der Waals surface area contributed by atoms with Crippen LogP contribution in [-0.2, 0) is 0 Å². The zero-order valence-corrected chi connectivity index (χ0v) is 17.2. The molecular formula is C28H19BO3. The fourth-order valence-electron chi connectivity index (χ4n) is 4.79. The number of rotatable bonds is 3. The summed E-state index contributed by atoms with van der Waals surface area (Å²) in [4.78, 5) is 0. The van der Waals surface area contributed by atoms with E-state index in [9.17, 15) is 10.0 Å². The van der Waals surface area contributed by atoms with E-state index in [1.54, 1.807) is 0 Å². The molecule has 2 N–H and O–H groups in total. The van der Waals surface area contributed by atoms with Crippen LogP contribution in [0.5, 0.6) is 5.75 Å². The van der Waals surface area contributed by atoms with E-state index in [1.807, 2.05) is 36.4 Å². The summed E-state index contributed by atoms with van der Waals surface area (Å²) in [5.74, 6) is 0.473. The lowest BCUT2D eigenvalue weighted by Gasteiger charge is -2.18. The van der Waals surface area contributed by atoms with Crippen LogP contribution in [0, 0.1) is 0 Å². The molecule has 6 aromatic rings. The first-order valence-electron chi connectivity index (χ1n) is 10.6. The lowest BCUT2D eigenvalue weighted by Crippen LogP contribution is -2.21. The maximum absolute atomic E-state index is 9.56. The third kappa shape index (κ3) is 2.93. The van der Waals surface area contributed by atoms with Crippen LogP contribution in [0.15, 0.2) is 103 Å². The van der Waals surface area contributed by atoms with E-state index in [2.05, 4.69) is 66.7 Å². The van der Waals surface area contributed by atoms with E-state index in [4.69, 9.17) is 4.65 Å². The second kappa shape index (κ2) is 7.38. The summed E-state index contributed by atoms with van der Waals surface area (Å²) in [5, 5.41) is 27.7. The Balaban J connectivity index is 1.74. The molecule has 0 unspecified atom stereocenters. The third-order valence-corrected chi connectivity index (χ3v) is 6.14. The number of hydrogen-bond acceptors (Lipinski definition) is 3. The highest BCUT2D eigenvalue weighted by atomic mass is 16.6. The predicted octanol–water partition coefficient (Wildman–Crippen LogP) is 6.31. The highest BCUT2D eigenvalue weighted by Gasteiger charge is 2.20. The number of fused-ring (bicyclic) bond motifs is 5. The molecule has 4 heteroatoms. The summed E-state index contributed by atoms with van der Waals surface area (Å²) in [6.45, 7) is 0. The Morgan fingerprint density at radius 1 is 0.500 bits per heavy atom. The normalized spacial score (nSPS) is 11.4. The monoisotopic (exact) mass is 414 g/mol. The van der Waals surface area contributed by atoms with Crippen molar-refractivity contribution in [2.45, 2.75) is 0 Å². The Morgan fingerprint density at radius 3 is 1.62 bits per heavy atom. The largest absolute Gasteiger partial charge is 0.707 e. The summed E-state index contributed by atoms with van der Waals surface area (Å²) in [6, 6.07) is 35.2. The van der Waals surface area contributed by atoms with Crippen LogP contribution < -0.4 is 4.65 Å². The van der Waals surface area contributed by atoms with E-state index < -0.39 is 7.32 Å². The van der Waals surface area contributed by atoms with Gasteiger partial charge in [0.2, 0.25) is 0 Å². The molecule has 0 amide bonds. The van der Waals surface area contributed by atoms with E-state index >= 15 is 0 Å². The molecule has 0 spiro atoms. The van der Waals surface area contributed by atoms with Crippen molar-refractivity contribution in [1.29, 1.82) is 0 Å². The van der Waals surface area contributed by atoms with Crippen molar-refractivity contribution >= 4 is 50.4 Å². The van der Waals surface area contributed by atoms with Gasteiger partial charge in [-0.05, 0) is 49.5 Å². The molecule has 0 saturated heterocycles. The molecule has 6 rings (SSSR count). The van der Waals surface area contributed by atoms with Crippen LogP contribution in [0.4, 0.5) is 0 Å². The van der Waals surface area contributed by atoms with Gasteiger partial charge in [0.15, 0.2) is 0 Å². The highest BCUT2D eigenvalue weighted by molar-refractivity contribution is 6.35. The summed E-state index contributed by atoms with van der Waals surface area (Å²) >= 11 is 0. The smallest absolute Gasteiger partial charge is 0.511 e. The second-order valence-electron chi connectivity index (χ2n) is 7.96. The third-order valence-electron chi connectivity index (χ3n) is 6.14. The van der Waals surface area contributed by atoms with E-state index in [0.29, 0.717) is 5.75 Å². The summed E-state index contributed by atoms with van der Waals surface area (Å²) in [7, 11) is -1.89. The maximum Gasteiger partial charge on any atom is 0.707 e. The minimum absolute atomic E-state index is 0.473. The van der Waals surface area contributed by atoms with Crippen molar-refractivity contribution in [1.82, 2.24) is 0 Å². The summed E-state index contributed by atoms with van der Waals surface area (Å²) < 4.78 is 5.47.